The van der Waals surface area contributed by atoms with E-state index in [1.54, 1.807) is 0 Å². The van der Waals surface area contributed by atoms with Gasteiger partial charge in [-0.2, -0.15) is 0 Å². The average Bonchev–Trinajstić information content (AvgIpc) is 2.39. The number of allylic oxidation sites excluding steroid dienone is 4. The van der Waals surface area contributed by atoms with Crippen LogP contribution >= 0.6 is 0 Å². The van der Waals surface area contributed by atoms with Gasteiger partial charge in [0.2, 0.25) is 0 Å². The molecule has 0 bridgehead atoms. The normalized spacial score (nSPS) is 15.1. The van der Waals surface area contributed by atoms with Crippen LogP contribution in [0.5, 0.6) is 0 Å². The van der Waals surface area contributed by atoms with E-state index in [1.165, 1.54) is 21.9 Å². The molecule has 0 spiro atoms. The van der Waals surface area contributed by atoms with Crippen molar-refractivity contribution in [3.8, 4) is 0 Å². The van der Waals surface area contributed by atoms with Crippen molar-refractivity contribution in [2.75, 3.05) is 0 Å². The molecule has 0 radical (unpaired) electrons. The highest BCUT2D eigenvalue weighted by atomic mass is 14.6. The summed E-state index contributed by atoms with van der Waals surface area (Å²) in [6, 6.07) is 8.41. The van der Waals surface area contributed by atoms with Gasteiger partial charge in [-0.25, -0.2) is 0 Å². The van der Waals surface area contributed by atoms with Crippen molar-refractivity contribution in [1.29, 1.82) is 0 Å². The lowest BCUT2D eigenvalue weighted by atomic mass is 9.97. The molecule has 0 N–H and O–H groups in total. The Morgan fingerprint density at radius 3 is 2.81 bits per heavy atom. The fourth-order valence-corrected chi connectivity index (χ4v) is 2.16. The number of pyridine rings is 1. The van der Waals surface area contributed by atoms with Crippen LogP contribution in [-0.2, 0) is 0 Å². The van der Waals surface area contributed by atoms with Crippen LogP contribution in [-0.4, -0.2) is 4.98 Å². The van der Waals surface area contributed by atoms with Crippen molar-refractivity contribution in [3.05, 3.63) is 60.5 Å². The first kappa shape index (κ1) is 9.34. The van der Waals surface area contributed by atoms with Crippen LogP contribution in [0.15, 0.2) is 54.9 Å². The van der Waals surface area contributed by atoms with E-state index in [4.69, 9.17) is 0 Å². The largest absolute Gasteiger partial charge is 0.263 e. The number of benzene rings is 1. The fraction of sp³-hybridized carbons (Fsp3) is 0.133. The number of rotatable bonds is 1. The Bertz CT molecular complexity index is 574. The van der Waals surface area contributed by atoms with Crippen LogP contribution in [0.2, 0.25) is 0 Å². The van der Waals surface area contributed by atoms with Crippen molar-refractivity contribution < 1.29 is 0 Å². The summed E-state index contributed by atoms with van der Waals surface area (Å²) in [7, 11) is 0. The van der Waals surface area contributed by atoms with Crippen LogP contribution in [0.1, 0.15) is 18.4 Å². The number of nitrogens with zero attached hydrogens (tertiary/aromatic N) is 1. The summed E-state index contributed by atoms with van der Waals surface area (Å²) in [4.78, 5) is 4.31. The fourth-order valence-electron chi connectivity index (χ4n) is 2.16. The Kier molecular flexibility index (Phi) is 2.30. The average molecular weight is 207 g/mol. The van der Waals surface area contributed by atoms with E-state index in [0.29, 0.717) is 0 Å². The molecule has 0 fully saturated rings. The number of fused-ring (bicyclic) bond motifs is 1. The molecule has 16 heavy (non-hydrogen) atoms. The molecule has 3 rings (SSSR count). The molecule has 1 aromatic carbocycles. The lowest BCUT2D eigenvalue weighted by molar-refractivity contribution is 1.04. The van der Waals surface area contributed by atoms with Crippen LogP contribution in [0, 0.1) is 0 Å². The monoisotopic (exact) mass is 207 g/mol. The van der Waals surface area contributed by atoms with Gasteiger partial charge in [-0.05, 0) is 23.8 Å². The Labute approximate surface area is 95.1 Å². The SMILES string of the molecule is C1=CC(c2cncc3ccccc23)=CCC1. The van der Waals surface area contributed by atoms with Crippen molar-refractivity contribution in [3.63, 3.8) is 0 Å². The van der Waals surface area contributed by atoms with E-state index in [9.17, 15) is 0 Å². The number of hydrogen-bond donors (Lipinski definition) is 0. The minimum atomic E-state index is 1.13. The smallest absolute Gasteiger partial charge is 0.0352 e. The van der Waals surface area contributed by atoms with E-state index in [1.807, 2.05) is 12.4 Å². The molecular weight excluding hydrogens is 194 g/mol. The quantitative estimate of drug-likeness (QED) is 0.689. The van der Waals surface area contributed by atoms with Gasteiger partial charge in [0, 0.05) is 23.3 Å². The van der Waals surface area contributed by atoms with Gasteiger partial charge in [0.1, 0.15) is 0 Å². The van der Waals surface area contributed by atoms with Crippen molar-refractivity contribution in [2.24, 2.45) is 0 Å². The maximum absolute atomic E-state index is 4.31. The summed E-state index contributed by atoms with van der Waals surface area (Å²) in [6.07, 6.45) is 12.9. The van der Waals surface area contributed by atoms with Crippen LogP contribution in [0.4, 0.5) is 0 Å². The van der Waals surface area contributed by atoms with E-state index >= 15 is 0 Å². The molecule has 1 heterocycles. The molecule has 1 heteroatoms. The van der Waals surface area contributed by atoms with Crippen LogP contribution in [0.25, 0.3) is 16.3 Å². The molecule has 2 aromatic rings. The van der Waals surface area contributed by atoms with Gasteiger partial charge in [0.15, 0.2) is 0 Å². The summed E-state index contributed by atoms with van der Waals surface area (Å²) < 4.78 is 0. The van der Waals surface area contributed by atoms with E-state index in [2.05, 4.69) is 47.5 Å². The number of aromatic nitrogens is 1. The maximum atomic E-state index is 4.31. The van der Waals surface area contributed by atoms with E-state index < -0.39 is 0 Å². The Hall–Kier alpha value is -1.89. The third-order valence-electron chi connectivity index (χ3n) is 2.97. The van der Waals surface area contributed by atoms with Crippen LogP contribution in [0.3, 0.4) is 0 Å². The molecule has 0 aliphatic heterocycles. The molecule has 0 amide bonds. The zero-order valence-electron chi connectivity index (χ0n) is 9.06. The maximum Gasteiger partial charge on any atom is 0.0352 e. The molecule has 0 saturated heterocycles. The van der Waals surface area contributed by atoms with E-state index in [-0.39, 0.29) is 0 Å². The summed E-state index contributed by atoms with van der Waals surface area (Å²) in [5.41, 5.74) is 2.55. The number of hydrogen-bond acceptors (Lipinski definition) is 1. The lowest BCUT2D eigenvalue weighted by Gasteiger charge is -2.09. The Balaban J connectivity index is 2.23. The first-order valence-electron chi connectivity index (χ1n) is 5.65. The molecule has 0 saturated carbocycles. The molecule has 78 valence electrons. The second-order valence-electron chi connectivity index (χ2n) is 4.05. The van der Waals surface area contributed by atoms with Gasteiger partial charge >= 0.3 is 0 Å². The first-order chi connectivity index (χ1) is 7.95. The Morgan fingerprint density at radius 1 is 1.00 bits per heavy atom. The van der Waals surface area contributed by atoms with Gasteiger partial charge in [-0.1, -0.05) is 42.5 Å². The highest BCUT2D eigenvalue weighted by Crippen LogP contribution is 2.27. The predicted molar refractivity (Wildman–Crippen MR) is 68.1 cm³/mol. The van der Waals surface area contributed by atoms with Gasteiger partial charge < -0.3 is 0 Å². The second kappa shape index (κ2) is 3.93. The zero-order valence-corrected chi connectivity index (χ0v) is 9.06. The second-order valence-corrected chi connectivity index (χ2v) is 4.05. The zero-order chi connectivity index (χ0) is 10.8. The standard InChI is InChI=1S/C15H13N/c1-2-6-12(7-3-1)15-11-16-10-13-8-4-5-9-14(13)15/h2,4-11H,1,3H2. The van der Waals surface area contributed by atoms with Crippen molar-refractivity contribution >= 4 is 16.3 Å². The molecular formula is C15H13N. The third-order valence-corrected chi connectivity index (χ3v) is 2.97. The minimum absolute atomic E-state index is 1.13. The molecule has 1 aliphatic carbocycles. The molecule has 0 atom stereocenters. The lowest BCUT2D eigenvalue weighted by Crippen LogP contribution is -1.89. The summed E-state index contributed by atoms with van der Waals surface area (Å²) in [5.74, 6) is 0. The summed E-state index contributed by atoms with van der Waals surface area (Å²) in [5, 5.41) is 2.50. The topological polar surface area (TPSA) is 12.9 Å². The highest BCUT2D eigenvalue weighted by molar-refractivity contribution is 5.95. The molecule has 1 aromatic heterocycles. The molecule has 1 nitrogen and oxygen atoms in total. The Morgan fingerprint density at radius 2 is 1.94 bits per heavy atom. The van der Waals surface area contributed by atoms with Crippen LogP contribution < -0.4 is 0 Å². The van der Waals surface area contributed by atoms with Gasteiger partial charge in [-0.3, -0.25) is 4.98 Å². The van der Waals surface area contributed by atoms with Crippen molar-refractivity contribution in [1.82, 2.24) is 4.98 Å². The van der Waals surface area contributed by atoms with Crippen molar-refractivity contribution in [2.45, 2.75) is 12.8 Å². The van der Waals surface area contributed by atoms with Gasteiger partial charge in [0.25, 0.3) is 0 Å². The summed E-state index contributed by atoms with van der Waals surface area (Å²) >= 11 is 0. The van der Waals surface area contributed by atoms with E-state index in [0.717, 1.165) is 12.8 Å². The minimum Gasteiger partial charge on any atom is -0.263 e. The molecule has 1 aliphatic rings. The van der Waals surface area contributed by atoms with Gasteiger partial charge in [-0.15, -0.1) is 0 Å². The molecule has 0 unspecified atom stereocenters. The third kappa shape index (κ3) is 1.54. The predicted octanol–water partition coefficient (Wildman–Crippen LogP) is 3.97. The van der Waals surface area contributed by atoms with Gasteiger partial charge in [0.05, 0.1) is 0 Å². The first-order valence-corrected chi connectivity index (χ1v) is 5.65. The summed E-state index contributed by atoms with van der Waals surface area (Å²) in [6.45, 7) is 0. The highest BCUT2D eigenvalue weighted by Gasteiger charge is 2.05.